The van der Waals surface area contributed by atoms with Crippen molar-refractivity contribution in [2.24, 2.45) is 0 Å². The van der Waals surface area contributed by atoms with Gasteiger partial charge in [-0.25, -0.2) is 4.98 Å². The molecular formula is C18H24N4OS. The maximum atomic E-state index is 12.7. The molecule has 0 saturated carbocycles. The van der Waals surface area contributed by atoms with Gasteiger partial charge in [-0.3, -0.25) is 9.78 Å². The first-order valence-corrected chi connectivity index (χ1v) is 9.70. The summed E-state index contributed by atoms with van der Waals surface area (Å²) < 4.78 is 0. The number of rotatable bonds is 4. The largest absolute Gasteiger partial charge is 0.346 e. The normalized spacial score (nSPS) is 19.3. The van der Waals surface area contributed by atoms with Crippen molar-refractivity contribution in [1.82, 2.24) is 19.9 Å². The van der Waals surface area contributed by atoms with E-state index < -0.39 is 0 Å². The number of thioether (sulfide) groups is 1. The van der Waals surface area contributed by atoms with E-state index in [0.717, 1.165) is 48.6 Å². The van der Waals surface area contributed by atoms with Crippen molar-refractivity contribution in [2.75, 3.05) is 12.8 Å². The number of carbonyl (C=O) groups is 1. The van der Waals surface area contributed by atoms with Crippen LogP contribution in [0.1, 0.15) is 43.7 Å². The molecule has 128 valence electrons. The smallest absolute Gasteiger partial charge is 0.236 e. The molecule has 1 aliphatic rings. The van der Waals surface area contributed by atoms with Crippen LogP contribution >= 0.6 is 11.8 Å². The van der Waals surface area contributed by atoms with Gasteiger partial charge in [0.05, 0.1) is 17.0 Å². The van der Waals surface area contributed by atoms with Crippen LogP contribution in [-0.2, 0) is 4.79 Å². The number of nitrogens with zero attached hydrogens (tertiary/aromatic N) is 3. The van der Waals surface area contributed by atoms with Gasteiger partial charge in [0.25, 0.3) is 0 Å². The summed E-state index contributed by atoms with van der Waals surface area (Å²) in [6.45, 7) is 4.76. The summed E-state index contributed by atoms with van der Waals surface area (Å²) in [6, 6.07) is 4.07. The number of nitrogens with one attached hydrogen (secondary N) is 1. The molecule has 0 bridgehead atoms. The molecule has 5 nitrogen and oxygen atoms in total. The van der Waals surface area contributed by atoms with E-state index in [1.807, 2.05) is 49.5 Å². The van der Waals surface area contributed by atoms with E-state index in [0.29, 0.717) is 0 Å². The number of piperidine rings is 1. The molecule has 0 aliphatic carbocycles. The number of aromatic nitrogens is 3. The average Bonchev–Trinajstić information content (AvgIpc) is 3.11. The molecule has 24 heavy (non-hydrogen) atoms. The standard InChI is InChI=1S/C18H24N4OS/c1-12-7-8-14(10-19-12)15-11-20-17(21-15)16-6-4-5-9-22(16)18(23)13(2)24-3/h7-8,10-11,13,16H,4-6,9H2,1-3H3,(H,20,21). The molecule has 1 aliphatic heterocycles. The van der Waals surface area contributed by atoms with Crippen LogP contribution in [0.25, 0.3) is 11.3 Å². The summed E-state index contributed by atoms with van der Waals surface area (Å²) in [5.74, 6) is 1.09. The Morgan fingerprint density at radius 1 is 1.42 bits per heavy atom. The van der Waals surface area contributed by atoms with Crippen LogP contribution in [0.15, 0.2) is 24.5 Å². The lowest BCUT2D eigenvalue weighted by molar-refractivity contribution is -0.134. The fraction of sp³-hybridized carbons (Fsp3) is 0.500. The van der Waals surface area contributed by atoms with E-state index in [4.69, 9.17) is 4.98 Å². The van der Waals surface area contributed by atoms with Crippen molar-refractivity contribution in [3.63, 3.8) is 0 Å². The number of amides is 1. The maximum absolute atomic E-state index is 12.7. The third-order valence-corrected chi connectivity index (χ3v) is 5.52. The maximum Gasteiger partial charge on any atom is 0.236 e. The minimum absolute atomic E-state index is 0.0127. The van der Waals surface area contributed by atoms with Crippen molar-refractivity contribution >= 4 is 17.7 Å². The highest BCUT2D eigenvalue weighted by molar-refractivity contribution is 7.99. The first-order chi connectivity index (χ1) is 11.6. The van der Waals surface area contributed by atoms with E-state index >= 15 is 0 Å². The van der Waals surface area contributed by atoms with E-state index in [1.54, 1.807) is 11.8 Å². The molecule has 1 fully saturated rings. The molecule has 0 radical (unpaired) electrons. The van der Waals surface area contributed by atoms with Crippen LogP contribution < -0.4 is 0 Å². The van der Waals surface area contributed by atoms with Gasteiger partial charge in [-0.15, -0.1) is 0 Å². The van der Waals surface area contributed by atoms with Gasteiger partial charge < -0.3 is 9.88 Å². The van der Waals surface area contributed by atoms with Crippen molar-refractivity contribution in [3.8, 4) is 11.3 Å². The summed E-state index contributed by atoms with van der Waals surface area (Å²) >= 11 is 1.60. The van der Waals surface area contributed by atoms with Crippen molar-refractivity contribution in [1.29, 1.82) is 0 Å². The van der Waals surface area contributed by atoms with Gasteiger partial charge in [0.15, 0.2) is 0 Å². The second kappa shape index (κ2) is 7.38. The molecular weight excluding hydrogens is 320 g/mol. The molecule has 3 heterocycles. The fourth-order valence-corrected chi connectivity index (χ4v) is 3.43. The monoisotopic (exact) mass is 344 g/mol. The first-order valence-electron chi connectivity index (χ1n) is 8.41. The van der Waals surface area contributed by atoms with Gasteiger partial charge in [0, 0.05) is 30.2 Å². The van der Waals surface area contributed by atoms with Crippen molar-refractivity contribution in [2.45, 2.75) is 44.4 Å². The number of hydrogen-bond acceptors (Lipinski definition) is 4. The minimum Gasteiger partial charge on any atom is -0.346 e. The average molecular weight is 344 g/mol. The molecule has 3 rings (SSSR count). The number of carbonyl (C=O) groups excluding carboxylic acids is 1. The Balaban J connectivity index is 1.84. The predicted molar refractivity (Wildman–Crippen MR) is 97.8 cm³/mol. The quantitative estimate of drug-likeness (QED) is 0.921. The Morgan fingerprint density at radius 3 is 2.96 bits per heavy atom. The van der Waals surface area contributed by atoms with Crippen LogP contribution in [0.2, 0.25) is 0 Å². The first kappa shape index (κ1) is 17.0. The zero-order chi connectivity index (χ0) is 17.1. The number of imidazole rings is 1. The van der Waals surface area contributed by atoms with E-state index in [-0.39, 0.29) is 17.2 Å². The van der Waals surface area contributed by atoms with Crippen molar-refractivity contribution in [3.05, 3.63) is 36.0 Å². The molecule has 2 aromatic heterocycles. The summed E-state index contributed by atoms with van der Waals surface area (Å²) in [5.41, 5.74) is 2.87. The van der Waals surface area contributed by atoms with Gasteiger partial charge in [0.1, 0.15) is 5.82 Å². The Morgan fingerprint density at radius 2 is 2.25 bits per heavy atom. The fourth-order valence-electron chi connectivity index (χ4n) is 3.09. The van der Waals surface area contributed by atoms with Crippen LogP contribution in [0.5, 0.6) is 0 Å². The summed E-state index contributed by atoms with van der Waals surface area (Å²) in [7, 11) is 0. The number of likely N-dealkylation sites (tertiary alicyclic amines) is 1. The van der Waals surface area contributed by atoms with E-state index in [2.05, 4.69) is 9.97 Å². The minimum atomic E-state index is -0.0127. The van der Waals surface area contributed by atoms with E-state index in [9.17, 15) is 4.79 Å². The SMILES string of the molecule is CSC(C)C(=O)N1CCCCC1c1nc(-c2ccc(C)nc2)c[nH]1. The highest BCUT2D eigenvalue weighted by Crippen LogP contribution is 2.32. The van der Waals surface area contributed by atoms with Crippen LogP contribution in [0, 0.1) is 6.92 Å². The number of hydrogen-bond donors (Lipinski definition) is 1. The predicted octanol–water partition coefficient (Wildman–Crippen LogP) is 3.59. The van der Waals surface area contributed by atoms with E-state index in [1.165, 1.54) is 0 Å². The molecule has 0 aromatic carbocycles. The number of pyridine rings is 1. The van der Waals surface area contributed by atoms with Gasteiger partial charge in [-0.2, -0.15) is 11.8 Å². The lowest BCUT2D eigenvalue weighted by Gasteiger charge is -2.36. The van der Waals surface area contributed by atoms with Gasteiger partial charge in [-0.05, 0) is 51.5 Å². The lowest BCUT2D eigenvalue weighted by Crippen LogP contribution is -2.42. The molecule has 1 amide bonds. The van der Waals surface area contributed by atoms with Crippen LogP contribution in [-0.4, -0.2) is 43.8 Å². The Labute approximate surface area is 147 Å². The molecule has 2 aromatic rings. The summed E-state index contributed by atoms with van der Waals surface area (Å²) in [6.07, 6.45) is 8.90. The second-order valence-corrected chi connectivity index (χ2v) is 7.46. The molecule has 1 saturated heterocycles. The van der Waals surface area contributed by atoms with Gasteiger partial charge >= 0.3 is 0 Å². The Hall–Kier alpha value is -1.82. The van der Waals surface area contributed by atoms with Gasteiger partial charge in [-0.1, -0.05) is 0 Å². The molecule has 2 atom stereocenters. The third-order valence-electron chi connectivity index (χ3n) is 4.61. The van der Waals surface area contributed by atoms with Crippen LogP contribution in [0.4, 0.5) is 0 Å². The molecule has 0 spiro atoms. The molecule has 6 heteroatoms. The number of aryl methyl sites for hydroxylation is 1. The second-order valence-electron chi connectivity index (χ2n) is 6.28. The lowest BCUT2D eigenvalue weighted by atomic mass is 10.0. The zero-order valence-corrected chi connectivity index (χ0v) is 15.3. The number of aromatic amines is 1. The highest BCUT2D eigenvalue weighted by atomic mass is 32.2. The van der Waals surface area contributed by atoms with Crippen LogP contribution in [0.3, 0.4) is 0 Å². The van der Waals surface area contributed by atoms with Gasteiger partial charge in [0.2, 0.25) is 5.91 Å². The Kier molecular flexibility index (Phi) is 5.23. The topological polar surface area (TPSA) is 61.9 Å². The molecule has 2 unspecified atom stereocenters. The zero-order valence-electron chi connectivity index (χ0n) is 14.5. The molecule has 1 N–H and O–H groups in total. The number of H-pyrrole nitrogens is 1. The van der Waals surface area contributed by atoms with Crippen molar-refractivity contribution < 1.29 is 4.79 Å². The Bertz CT molecular complexity index is 697. The third kappa shape index (κ3) is 3.48. The summed E-state index contributed by atoms with van der Waals surface area (Å²) in [5, 5.41) is -0.0127. The summed E-state index contributed by atoms with van der Waals surface area (Å²) in [4.78, 5) is 27.1. The highest BCUT2D eigenvalue weighted by Gasteiger charge is 2.32.